The third-order valence-electron chi connectivity index (χ3n) is 2.45. The third-order valence-corrected chi connectivity index (χ3v) is 2.72. The maximum atomic E-state index is 4.31. The molecular formula is C10H12S. The maximum Gasteiger partial charge on any atom is 0.00428 e. The van der Waals surface area contributed by atoms with E-state index in [0.717, 1.165) is 10.8 Å². The molecule has 0 nitrogen and oxygen atoms in total. The van der Waals surface area contributed by atoms with Crippen molar-refractivity contribution in [2.24, 2.45) is 0 Å². The Morgan fingerprint density at radius 1 is 1.27 bits per heavy atom. The van der Waals surface area contributed by atoms with Gasteiger partial charge in [0.2, 0.25) is 0 Å². The van der Waals surface area contributed by atoms with Crippen molar-refractivity contribution in [3.63, 3.8) is 0 Å². The van der Waals surface area contributed by atoms with Gasteiger partial charge >= 0.3 is 0 Å². The fourth-order valence-corrected chi connectivity index (χ4v) is 1.76. The molecule has 0 bridgehead atoms. The number of thiol groups is 1. The molecule has 58 valence electrons. The summed E-state index contributed by atoms with van der Waals surface area (Å²) in [5, 5.41) is 0. The molecule has 11 heavy (non-hydrogen) atoms. The van der Waals surface area contributed by atoms with Gasteiger partial charge in [-0.3, -0.25) is 0 Å². The van der Waals surface area contributed by atoms with Gasteiger partial charge in [0.1, 0.15) is 0 Å². The summed E-state index contributed by atoms with van der Waals surface area (Å²) < 4.78 is 0. The molecule has 0 spiro atoms. The molecule has 1 aliphatic rings. The van der Waals surface area contributed by atoms with Crippen molar-refractivity contribution in [1.82, 2.24) is 0 Å². The normalized spacial score (nSPS) is 17.9. The quantitative estimate of drug-likeness (QED) is 0.605. The van der Waals surface area contributed by atoms with Crippen LogP contribution in [0.15, 0.2) is 29.2 Å². The summed E-state index contributed by atoms with van der Waals surface area (Å²) in [5.41, 5.74) is 1.48. The summed E-state index contributed by atoms with van der Waals surface area (Å²) in [6.07, 6.45) is 4.15. The molecule has 1 saturated carbocycles. The summed E-state index contributed by atoms with van der Waals surface area (Å²) in [6, 6.07) is 8.53. The predicted octanol–water partition coefficient (Wildman–Crippen LogP) is 3.24. The van der Waals surface area contributed by atoms with Crippen molar-refractivity contribution < 1.29 is 0 Å². The average Bonchev–Trinajstić information content (AvgIpc) is 1.83. The Kier molecular flexibility index (Phi) is 1.91. The molecule has 2 rings (SSSR count). The van der Waals surface area contributed by atoms with Gasteiger partial charge < -0.3 is 0 Å². The Labute approximate surface area is 73.0 Å². The van der Waals surface area contributed by atoms with Crippen LogP contribution < -0.4 is 0 Å². The highest BCUT2D eigenvalue weighted by atomic mass is 32.1. The smallest absolute Gasteiger partial charge is 0.00428 e. The van der Waals surface area contributed by atoms with E-state index in [1.165, 1.54) is 24.8 Å². The first-order valence-corrected chi connectivity index (χ1v) is 4.60. The second-order valence-electron chi connectivity index (χ2n) is 3.22. The minimum Gasteiger partial charge on any atom is -0.143 e. The lowest BCUT2D eigenvalue weighted by atomic mass is 9.80. The first-order chi connectivity index (χ1) is 5.36. The van der Waals surface area contributed by atoms with Crippen LogP contribution in [0.1, 0.15) is 30.7 Å². The number of hydrogen-bond donors (Lipinski definition) is 1. The number of rotatable bonds is 1. The highest BCUT2D eigenvalue weighted by Crippen LogP contribution is 2.36. The van der Waals surface area contributed by atoms with E-state index in [2.05, 4.69) is 30.8 Å². The van der Waals surface area contributed by atoms with E-state index in [1.807, 2.05) is 6.07 Å². The van der Waals surface area contributed by atoms with Crippen LogP contribution in [0, 0.1) is 0 Å². The standard InChI is InChI=1S/C10H12S/c11-10-6-2-5-9(7-10)8-3-1-4-8/h2,5-8,11H,1,3-4H2. The van der Waals surface area contributed by atoms with Crippen LogP contribution in [-0.2, 0) is 0 Å². The largest absolute Gasteiger partial charge is 0.143 e. The molecular weight excluding hydrogens is 152 g/mol. The van der Waals surface area contributed by atoms with Crippen molar-refractivity contribution in [1.29, 1.82) is 0 Å². The highest BCUT2D eigenvalue weighted by molar-refractivity contribution is 7.80. The van der Waals surface area contributed by atoms with Gasteiger partial charge in [-0.05, 0) is 36.5 Å². The van der Waals surface area contributed by atoms with Crippen LogP contribution >= 0.6 is 12.6 Å². The van der Waals surface area contributed by atoms with Crippen molar-refractivity contribution in [3.8, 4) is 0 Å². The fraction of sp³-hybridized carbons (Fsp3) is 0.400. The van der Waals surface area contributed by atoms with Crippen molar-refractivity contribution in [2.45, 2.75) is 30.1 Å². The Morgan fingerprint density at radius 2 is 2.09 bits per heavy atom. The van der Waals surface area contributed by atoms with E-state index >= 15 is 0 Å². The molecule has 0 aliphatic heterocycles. The van der Waals surface area contributed by atoms with Crippen LogP contribution in [0.5, 0.6) is 0 Å². The lowest BCUT2D eigenvalue weighted by Gasteiger charge is -2.25. The Hall–Kier alpha value is -0.430. The zero-order chi connectivity index (χ0) is 7.68. The summed E-state index contributed by atoms with van der Waals surface area (Å²) in [6.45, 7) is 0. The third kappa shape index (κ3) is 1.43. The molecule has 1 fully saturated rings. The minimum atomic E-state index is 0.835. The molecule has 1 aromatic carbocycles. The lowest BCUT2D eigenvalue weighted by molar-refractivity contribution is 0.419. The van der Waals surface area contributed by atoms with Gasteiger partial charge in [0.15, 0.2) is 0 Å². The molecule has 0 aromatic heterocycles. The second-order valence-corrected chi connectivity index (χ2v) is 3.74. The van der Waals surface area contributed by atoms with Crippen molar-refractivity contribution in [3.05, 3.63) is 29.8 Å². The Morgan fingerprint density at radius 3 is 2.64 bits per heavy atom. The summed E-state index contributed by atoms with van der Waals surface area (Å²) in [7, 11) is 0. The molecule has 0 radical (unpaired) electrons. The van der Waals surface area contributed by atoms with Crippen LogP contribution in [0.2, 0.25) is 0 Å². The molecule has 1 aromatic rings. The van der Waals surface area contributed by atoms with Crippen LogP contribution in [0.3, 0.4) is 0 Å². The molecule has 1 heteroatoms. The first kappa shape index (κ1) is 7.23. The average molecular weight is 164 g/mol. The van der Waals surface area contributed by atoms with E-state index in [4.69, 9.17) is 0 Å². The maximum absolute atomic E-state index is 4.31. The van der Waals surface area contributed by atoms with E-state index in [9.17, 15) is 0 Å². The van der Waals surface area contributed by atoms with Gasteiger partial charge in [0.05, 0.1) is 0 Å². The van der Waals surface area contributed by atoms with Gasteiger partial charge in [-0.2, -0.15) is 0 Å². The van der Waals surface area contributed by atoms with Crippen molar-refractivity contribution in [2.75, 3.05) is 0 Å². The van der Waals surface area contributed by atoms with Crippen LogP contribution in [0.4, 0.5) is 0 Å². The fourth-order valence-electron chi connectivity index (χ4n) is 1.52. The SMILES string of the molecule is Sc1cccc(C2CCC2)c1. The lowest BCUT2D eigenvalue weighted by Crippen LogP contribution is -2.08. The topological polar surface area (TPSA) is 0 Å². The Bertz CT molecular complexity index is 251. The minimum absolute atomic E-state index is 0.835. The summed E-state index contributed by atoms with van der Waals surface area (Å²) in [4.78, 5) is 1.09. The van der Waals surface area contributed by atoms with Gasteiger partial charge in [0, 0.05) is 4.90 Å². The summed E-state index contributed by atoms with van der Waals surface area (Å²) in [5.74, 6) is 0.835. The zero-order valence-corrected chi connectivity index (χ0v) is 7.35. The number of benzene rings is 1. The van der Waals surface area contributed by atoms with E-state index in [0.29, 0.717) is 0 Å². The molecule has 0 amide bonds. The van der Waals surface area contributed by atoms with Gasteiger partial charge in [-0.15, -0.1) is 12.6 Å². The Balaban J connectivity index is 2.23. The molecule has 0 heterocycles. The molecule has 0 saturated heterocycles. The molecule has 0 N–H and O–H groups in total. The summed E-state index contributed by atoms with van der Waals surface area (Å²) >= 11 is 4.31. The zero-order valence-electron chi connectivity index (χ0n) is 6.46. The first-order valence-electron chi connectivity index (χ1n) is 4.15. The van der Waals surface area contributed by atoms with Gasteiger partial charge in [0.25, 0.3) is 0 Å². The van der Waals surface area contributed by atoms with Crippen LogP contribution in [-0.4, -0.2) is 0 Å². The van der Waals surface area contributed by atoms with Gasteiger partial charge in [-0.25, -0.2) is 0 Å². The monoisotopic (exact) mass is 164 g/mol. The highest BCUT2D eigenvalue weighted by Gasteiger charge is 2.18. The molecule has 1 aliphatic carbocycles. The number of hydrogen-bond acceptors (Lipinski definition) is 1. The molecule has 0 unspecified atom stereocenters. The second kappa shape index (κ2) is 2.90. The van der Waals surface area contributed by atoms with Gasteiger partial charge in [-0.1, -0.05) is 18.6 Å². The predicted molar refractivity (Wildman–Crippen MR) is 50.3 cm³/mol. The van der Waals surface area contributed by atoms with E-state index in [1.54, 1.807) is 0 Å². The van der Waals surface area contributed by atoms with E-state index < -0.39 is 0 Å². The molecule has 0 atom stereocenters. The van der Waals surface area contributed by atoms with Crippen LogP contribution in [0.25, 0.3) is 0 Å². The van der Waals surface area contributed by atoms with Crippen molar-refractivity contribution >= 4 is 12.6 Å². The van der Waals surface area contributed by atoms with E-state index in [-0.39, 0.29) is 0 Å².